The molecule has 0 unspecified atom stereocenters. The summed E-state index contributed by atoms with van der Waals surface area (Å²) < 4.78 is 44.1. The number of aromatic nitrogens is 3. The van der Waals surface area contributed by atoms with Crippen molar-refractivity contribution in [2.75, 3.05) is 67.9 Å². The van der Waals surface area contributed by atoms with Crippen LogP contribution in [-0.4, -0.2) is 84.9 Å². The fraction of sp³-hybridized carbons (Fsp3) is 0.360. The highest BCUT2D eigenvalue weighted by molar-refractivity contribution is 6.05. The summed E-state index contributed by atoms with van der Waals surface area (Å²) in [5.41, 5.74) is 0.577. The Morgan fingerprint density at radius 1 is 1.15 bits per heavy atom. The SMILES string of the molecule is CN(C)CCN(C)c1nc(OCC(F)(F)F)c(Nc2ncc3c(n2)N(C)C(=O)N(c2ccccc2)C3)cc1[N+](=O)[O-]. The average Bonchev–Trinajstić information content (AvgIpc) is 2.92. The molecule has 0 atom stereocenters. The number of likely N-dealkylation sites (N-methyl/N-ethyl adjacent to an activating group) is 2. The lowest BCUT2D eigenvalue weighted by Gasteiger charge is -2.34. The molecule has 1 aliphatic heterocycles. The number of pyridine rings is 1. The summed E-state index contributed by atoms with van der Waals surface area (Å²) in [4.78, 5) is 43.1. The molecule has 3 heterocycles. The number of anilines is 5. The van der Waals surface area contributed by atoms with Gasteiger partial charge in [0, 0.05) is 50.7 Å². The van der Waals surface area contributed by atoms with Gasteiger partial charge in [0.1, 0.15) is 11.5 Å². The van der Waals surface area contributed by atoms with Crippen molar-refractivity contribution in [1.29, 1.82) is 0 Å². The fourth-order valence-electron chi connectivity index (χ4n) is 4.00. The number of fused-ring (bicyclic) bond motifs is 1. The molecular formula is C25H28F3N9O4. The molecule has 4 rings (SSSR count). The Balaban J connectivity index is 1.69. The number of nitro groups is 1. The molecule has 0 saturated heterocycles. The fourth-order valence-corrected chi connectivity index (χ4v) is 4.00. The highest BCUT2D eigenvalue weighted by atomic mass is 19.4. The van der Waals surface area contributed by atoms with Crippen LogP contribution in [0.3, 0.4) is 0 Å². The third kappa shape index (κ3) is 6.89. The second-order valence-electron chi connectivity index (χ2n) is 9.50. The van der Waals surface area contributed by atoms with E-state index in [0.29, 0.717) is 24.3 Å². The highest BCUT2D eigenvalue weighted by Crippen LogP contribution is 2.37. The number of halogens is 3. The molecule has 0 radical (unpaired) electrons. The van der Waals surface area contributed by atoms with E-state index in [1.165, 1.54) is 30.1 Å². The first-order valence-corrected chi connectivity index (χ1v) is 12.3. The van der Waals surface area contributed by atoms with E-state index in [2.05, 4.69) is 20.3 Å². The molecule has 16 heteroatoms. The summed E-state index contributed by atoms with van der Waals surface area (Å²) in [6.45, 7) is -0.680. The number of hydrogen-bond donors (Lipinski definition) is 1. The zero-order chi connectivity index (χ0) is 29.9. The molecule has 0 aliphatic carbocycles. The minimum Gasteiger partial charge on any atom is -0.466 e. The summed E-state index contributed by atoms with van der Waals surface area (Å²) in [5.74, 6) is -0.559. The molecule has 0 fully saturated rings. The molecule has 1 aliphatic rings. The number of ether oxygens (including phenoxy) is 1. The zero-order valence-electron chi connectivity index (χ0n) is 22.7. The van der Waals surface area contributed by atoms with Crippen molar-refractivity contribution in [1.82, 2.24) is 19.9 Å². The standard InChI is InChI=1S/C25H28F3N9O4/c1-33(2)10-11-34(3)21-19(37(39)40)12-18(22(31-21)41-15-25(26,27)28)30-23-29-13-16-14-36(17-8-6-5-7-9-17)24(38)35(4)20(16)32-23/h5-9,12-13H,10-11,14-15H2,1-4H3,(H,29,30,32). The molecule has 0 bridgehead atoms. The predicted octanol–water partition coefficient (Wildman–Crippen LogP) is 4.04. The van der Waals surface area contributed by atoms with E-state index in [9.17, 15) is 28.1 Å². The first kappa shape index (κ1) is 29.3. The van der Waals surface area contributed by atoms with E-state index in [-0.39, 0.29) is 35.8 Å². The van der Waals surface area contributed by atoms with Gasteiger partial charge in [0.2, 0.25) is 17.6 Å². The quantitative estimate of drug-likeness (QED) is 0.279. The van der Waals surface area contributed by atoms with Gasteiger partial charge in [-0.2, -0.15) is 23.1 Å². The number of carbonyl (C=O) groups excluding carboxylic acids is 1. The van der Waals surface area contributed by atoms with Crippen molar-refractivity contribution in [3.63, 3.8) is 0 Å². The van der Waals surface area contributed by atoms with Crippen LogP contribution in [0.2, 0.25) is 0 Å². The third-order valence-corrected chi connectivity index (χ3v) is 6.08. The number of nitrogens with zero attached hydrogens (tertiary/aromatic N) is 8. The van der Waals surface area contributed by atoms with E-state index in [1.807, 2.05) is 25.1 Å². The summed E-state index contributed by atoms with van der Waals surface area (Å²) in [6.07, 6.45) is -3.22. The summed E-state index contributed by atoms with van der Waals surface area (Å²) in [7, 11) is 6.68. The third-order valence-electron chi connectivity index (χ3n) is 6.08. The van der Waals surface area contributed by atoms with Crippen molar-refractivity contribution >= 4 is 40.7 Å². The van der Waals surface area contributed by atoms with Crippen LogP contribution in [0.15, 0.2) is 42.6 Å². The van der Waals surface area contributed by atoms with Crippen molar-refractivity contribution in [3.8, 4) is 5.88 Å². The molecule has 1 aromatic carbocycles. The van der Waals surface area contributed by atoms with Crippen molar-refractivity contribution < 1.29 is 27.6 Å². The first-order valence-electron chi connectivity index (χ1n) is 12.3. The minimum absolute atomic E-state index is 0.127. The van der Waals surface area contributed by atoms with Gasteiger partial charge >= 0.3 is 17.9 Å². The molecule has 1 N–H and O–H groups in total. The van der Waals surface area contributed by atoms with E-state index in [1.54, 1.807) is 29.2 Å². The Kier molecular flexibility index (Phi) is 8.41. The molecule has 13 nitrogen and oxygen atoms in total. The number of nitrogens with one attached hydrogen (secondary N) is 1. The van der Waals surface area contributed by atoms with Gasteiger partial charge in [0.15, 0.2) is 6.61 Å². The molecule has 218 valence electrons. The van der Waals surface area contributed by atoms with Gasteiger partial charge in [0.25, 0.3) is 0 Å². The second kappa shape index (κ2) is 11.8. The van der Waals surface area contributed by atoms with Gasteiger partial charge in [-0.3, -0.25) is 19.9 Å². The molecule has 0 spiro atoms. The molecule has 41 heavy (non-hydrogen) atoms. The van der Waals surface area contributed by atoms with Crippen molar-refractivity contribution in [3.05, 3.63) is 58.3 Å². The van der Waals surface area contributed by atoms with Gasteiger partial charge in [0.05, 0.1) is 11.5 Å². The Morgan fingerprint density at radius 2 is 1.85 bits per heavy atom. The number of hydrogen-bond acceptors (Lipinski definition) is 10. The maximum absolute atomic E-state index is 13.1. The number of benzene rings is 1. The Morgan fingerprint density at radius 3 is 2.49 bits per heavy atom. The second-order valence-corrected chi connectivity index (χ2v) is 9.50. The Bertz CT molecular complexity index is 1420. The van der Waals surface area contributed by atoms with Crippen LogP contribution >= 0.6 is 0 Å². The predicted molar refractivity (Wildman–Crippen MR) is 146 cm³/mol. The monoisotopic (exact) mass is 575 g/mol. The molecular weight excluding hydrogens is 547 g/mol. The van der Waals surface area contributed by atoms with Crippen LogP contribution in [0.25, 0.3) is 0 Å². The van der Waals surface area contributed by atoms with Crippen LogP contribution in [0, 0.1) is 10.1 Å². The average molecular weight is 576 g/mol. The normalized spacial score (nSPS) is 13.3. The maximum Gasteiger partial charge on any atom is 0.422 e. The summed E-state index contributed by atoms with van der Waals surface area (Å²) >= 11 is 0. The lowest BCUT2D eigenvalue weighted by atomic mass is 10.2. The lowest BCUT2D eigenvalue weighted by molar-refractivity contribution is -0.384. The van der Waals surface area contributed by atoms with Crippen molar-refractivity contribution in [2.24, 2.45) is 0 Å². The molecule has 0 saturated carbocycles. The number of urea groups is 1. The van der Waals surface area contributed by atoms with E-state index in [0.717, 1.165) is 6.07 Å². The molecule has 2 amide bonds. The number of alkyl halides is 3. The smallest absolute Gasteiger partial charge is 0.422 e. The number of amides is 2. The topological polar surface area (TPSA) is 133 Å². The number of para-hydroxylation sites is 1. The van der Waals surface area contributed by atoms with Crippen molar-refractivity contribution in [2.45, 2.75) is 12.7 Å². The maximum atomic E-state index is 13.1. The number of carbonyl (C=O) groups is 1. The van der Waals surface area contributed by atoms with Crippen LogP contribution in [-0.2, 0) is 6.54 Å². The van der Waals surface area contributed by atoms with E-state index < -0.39 is 29.3 Å². The van der Waals surface area contributed by atoms with E-state index >= 15 is 0 Å². The Hall–Kier alpha value is -4.73. The van der Waals surface area contributed by atoms with Gasteiger partial charge in [-0.25, -0.2) is 9.78 Å². The van der Waals surface area contributed by atoms with Gasteiger partial charge in [-0.05, 0) is 26.2 Å². The molecule has 2 aromatic heterocycles. The van der Waals surface area contributed by atoms with Crippen LogP contribution in [0.5, 0.6) is 5.88 Å². The van der Waals surface area contributed by atoms with Crippen LogP contribution in [0.1, 0.15) is 5.56 Å². The van der Waals surface area contributed by atoms with Gasteiger partial charge in [-0.15, -0.1) is 0 Å². The zero-order valence-corrected chi connectivity index (χ0v) is 22.7. The lowest BCUT2D eigenvalue weighted by Crippen LogP contribution is -2.45. The number of rotatable bonds is 10. The van der Waals surface area contributed by atoms with Gasteiger partial charge in [-0.1, -0.05) is 18.2 Å². The largest absolute Gasteiger partial charge is 0.466 e. The first-order chi connectivity index (χ1) is 19.3. The van der Waals surface area contributed by atoms with Crippen LogP contribution < -0.4 is 24.8 Å². The van der Waals surface area contributed by atoms with Crippen LogP contribution in [0.4, 0.5) is 52.6 Å². The summed E-state index contributed by atoms with van der Waals surface area (Å²) in [6, 6.07) is 9.68. The minimum atomic E-state index is -4.69. The van der Waals surface area contributed by atoms with Gasteiger partial charge < -0.3 is 19.9 Å². The Labute approximate surface area is 233 Å². The highest BCUT2D eigenvalue weighted by Gasteiger charge is 2.33. The van der Waals surface area contributed by atoms with E-state index in [4.69, 9.17) is 4.74 Å². The molecule has 3 aromatic rings. The summed E-state index contributed by atoms with van der Waals surface area (Å²) in [5, 5.41) is 14.6.